The number of nitrogens with one attached hydrogen (secondary N) is 1. The molecular weight excluding hydrogens is 410 g/mol. The third kappa shape index (κ3) is 5.88. The van der Waals surface area contributed by atoms with Gasteiger partial charge in [-0.1, -0.05) is 91.0 Å². The summed E-state index contributed by atoms with van der Waals surface area (Å²) in [6.45, 7) is 3.04. The number of benzene rings is 3. The molecule has 0 aromatic heterocycles. The molecule has 0 radical (unpaired) electrons. The van der Waals surface area contributed by atoms with Crippen molar-refractivity contribution < 1.29 is 9.59 Å². The van der Waals surface area contributed by atoms with E-state index in [0.717, 1.165) is 29.8 Å². The third-order valence-electron chi connectivity index (χ3n) is 6.24. The average Bonchev–Trinajstić information content (AvgIpc) is 2.86. The van der Waals surface area contributed by atoms with Crippen LogP contribution in [0, 0.1) is 0 Å². The van der Waals surface area contributed by atoms with Crippen LogP contribution in [0.1, 0.15) is 22.6 Å². The first-order valence-corrected chi connectivity index (χ1v) is 11.5. The van der Waals surface area contributed by atoms with E-state index >= 15 is 0 Å². The number of carbonyl (C=O) groups excluding carboxylic acids is 2. The summed E-state index contributed by atoms with van der Waals surface area (Å²) in [5.74, 6) is -0.651. The molecule has 1 atom stereocenters. The normalized spacial score (nSPS) is 15.3. The van der Waals surface area contributed by atoms with Crippen LogP contribution < -0.4 is 5.32 Å². The lowest BCUT2D eigenvalue weighted by Crippen LogP contribution is -2.55. The summed E-state index contributed by atoms with van der Waals surface area (Å²) in [6, 6.07) is 28.8. The molecule has 5 nitrogen and oxygen atoms in total. The van der Waals surface area contributed by atoms with Gasteiger partial charge in [-0.3, -0.25) is 9.59 Å². The molecule has 0 bridgehead atoms. The van der Waals surface area contributed by atoms with E-state index in [2.05, 4.69) is 17.3 Å². The van der Waals surface area contributed by atoms with Crippen molar-refractivity contribution >= 4 is 11.8 Å². The molecule has 1 heterocycles. The van der Waals surface area contributed by atoms with Gasteiger partial charge in [0.15, 0.2) is 0 Å². The summed E-state index contributed by atoms with van der Waals surface area (Å²) in [5, 5.41) is 3.13. The molecule has 1 unspecified atom stereocenters. The largest absolute Gasteiger partial charge is 0.343 e. The zero-order valence-electron chi connectivity index (χ0n) is 19.1. The molecule has 2 amide bonds. The highest BCUT2D eigenvalue weighted by molar-refractivity contribution is 5.92. The van der Waals surface area contributed by atoms with Crippen LogP contribution >= 0.6 is 0 Å². The minimum Gasteiger partial charge on any atom is -0.343 e. The second-order valence-electron chi connectivity index (χ2n) is 8.63. The van der Waals surface area contributed by atoms with Gasteiger partial charge in [-0.25, -0.2) is 0 Å². The fourth-order valence-electron chi connectivity index (χ4n) is 4.34. The number of rotatable bonds is 7. The standard InChI is InChI=1S/C28H31N3O2/c1-30-17-19-31(20-18-30)28(33)25(21-22-11-5-2-6-12-22)29-27(32)26(23-13-7-3-8-14-23)24-15-9-4-10-16-24/h2-16,25-26H,17-21H2,1H3,(H,29,32). The Bertz CT molecular complexity index is 993. The molecule has 170 valence electrons. The van der Waals surface area contributed by atoms with Crippen LogP contribution in [0.2, 0.25) is 0 Å². The number of hydrogen-bond acceptors (Lipinski definition) is 3. The maximum Gasteiger partial charge on any atom is 0.245 e. The number of amides is 2. The lowest BCUT2D eigenvalue weighted by atomic mass is 9.90. The van der Waals surface area contributed by atoms with Gasteiger partial charge in [0.1, 0.15) is 6.04 Å². The second kappa shape index (κ2) is 10.9. The summed E-state index contributed by atoms with van der Waals surface area (Å²) in [4.78, 5) is 31.3. The summed E-state index contributed by atoms with van der Waals surface area (Å²) in [6.07, 6.45) is 0.466. The molecule has 1 saturated heterocycles. The Morgan fingerprint density at radius 2 is 1.24 bits per heavy atom. The number of likely N-dealkylation sites (N-methyl/N-ethyl adjacent to an activating group) is 1. The Balaban J connectivity index is 1.60. The smallest absolute Gasteiger partial charge is 0.245 e. The zero-order chi connectivity index (χ0) is 23.0. The molecule has 0 spiro atoms. The van der Waals surface area contributed by atoms with E-state index in [-0.39, 0.29) is 11.8 Å². The summed E-state index contributed by atoms with van der Waals surface area (Å²) in [5.41, 5.74) is 2.85. The van der Waals surface area contributed by atoms with Crippen molar-refractivity contribution in [2.75, 3.05) is 33.2 Å². The Labute approximate surface area is 196 Å². The Hall–Kier alpha value is -3.44. The number of nitrogens with zero attached hydrogens (tertiary/aromatic N) is 2. The van der Waals surface area contributed by atoms with Crippen LogP contribution in [0.25, 0.3) is 0 Å². The fourth-order valence-corrected chi connectivity index (χ4v) is 4.34. The third-order valence-corrected chi connectivity index (χ3v) is 6.24. The van der Waals surface area contributed by atoms with E-state index in [1.165, 1.54) is 0 Å². The van der Waals surface area contributed by atoms with E-state index in [0.29, 0.717) is 19.5 Å². The van der Waals surface area contributed by atoms with Crippen molar-refractivity contribution in [3.05, 3.63) is 108 Å². The molecule has 1 fully saturated rings. The topological polar surface area (TPSA) is 52.6 Å². The SMILES string of the molecule is CN1CCN(C(=O)C(Cc2ccccc2)NC(=O)C(c2ccccc2)c2ccccc2)CC1. The van der Waals surface area contributed by atoms with Gasteiger partial charge in [-0.15, -0.1) is 0 Å². The van der Waals surface area contributed by atoms with Crippen LogP contribution in [0.15, 0.2) is 91.0 Å². The van der Waals surface area contributed by atoms with Crippen molar-refractivity contribution in [3.63, 3.8) is 0 Å². The van der Waals surface area contributed by atoms with Gasteiger partial charge in [-0.2, -0.15) is 0 Å². The molecule has 3 aromatic carbocycles. The fraction of sp³-hybridized carbons (Fsp3) is 0.286. The second-order valence-corrected chi connectivity index (χ2v) is 8.63. The Morgan fingerprint density at radius 1 is 0.758 bits per heavy atom. The molecule has 0 saturated carbocycles. The predicted molar refractivity (Wildman–Crippen MR) is 131 cm³/mol. The lowest BCUT2D eigenvalue weighted by Gasteiger charge is -2.35. The van der Waals surface area contributed by atoms with Crippen LogP contribution in [0.3, 0.4) is 0 Å². The van der Waals surface area contributed by atoms with Crippen LogP contribution in [0.5, 0.6) is 0 Å². The lowest BCUT2D eigenvalue weighted by molar-refractivity contribution is -0.137. The number of piperazine rings is 1. The van der Waals surface area contributed by atoms with Gasteiger partial charge in [0.2, 0.25) is 11.8 Å². The molecule has 1 N–H and O–H groups in total. The highest BCUT2D eigenvalue weighted by atomic mass is 16.2. The molecular formula is C28H31N3O2. The van der Waals surface area contributed by atoms with Gasteiger partial charge >= 0.3 is 0 Å². The van der Waals surface area contributed by atoms with Crippen molar-refractivity contribution in [3.8, 4) is 0 Å². The average molecular weight is 442 g/mol. The van der Waals surface area contributed by atoms with Crippen LogP contribution in [-0.4, -0.2) is 60.9 Å². The molecule has 1 aliphatic rings. The van der Waals surface area contributed by atoms with E-state index in [4.69, 9.17) is 0 Å². The van der Waals surface area contributed by atoms with Crippen molar-refractivity contribution in [2.45, 2.75) is 18.4 Å². The molecule has 3 aromatic rings. The highest BCUT2D eigenvalue weighted by Crippen LogP contribution is 2.25. The number of carbonyl (C=O) groups is 2. The van der Waals surface area contributed by atoms with Crippen molar-refractivity contribution in [2.24, 2.45) is 0 Å². The van der Waals surface area contributed by atoms with Gasteiger partial charge < -0.3 is 15.1 Å². The zero-order valence-corrected chi connectivity index (χ0v) is 19.1. The molecule has 4 rings (SSSR count). The van der Waals surface area contributed by atoms with Crippen LogP contribution in [-0.2, 0) is 16.0 Å². The van der Waals surface area contributed by atoms with Crippen molar-refractivity contribution in [1.29, 1.82) is 0 Å². The maximum absolute atomic E-state index is 13.7. The number of hydrogen-bond donors (Lipinski definition) is 1. The molecule has 5 heteroatoms. The molecule has 33 heavy (non-hydrogen) atoms. The highest BCUT2D eigenvalue weighted by Gasteiger charge is 2.31. The first-order valence-electron chi connectivity index (χ1n) is 11.5. The minimum atomic E-state index is -0.613. The Morgan fingerprint density at radius 3 is 1.76 bits per heavy atom. The van der Waals surface area contributed by atoms with Gasteiger partial charge in [0, 0.05) is 32.6 Å². The summed E-state index contributed by atoms with van der Waals surface area (Å²) >= 11 is 0. The first kappa shape index (κ1) is 22.7. The van der Waals surface area contributed by atoms with Gasteiger partial charge in [0.25, 0.3) is 0 Å². The van der Waals surface area contributed by atoms with Gasteiger partial charge in [0.05, 0.1) is 5.92 Å². The van der Waals surface area contributed by atoms with Crippen molar-refractivity contribution in [1.82, 2.24) is 15.1 Å². The summed E-state index contributed by atoms with van der Waals surface area (Å²) in [7, 11) is 2.06. The predicted octanol–water partition coefficient (Wildman–Crippen LogP) is 3.32. The van der Waals surface area contributed by atoms with Crippen LogP contribution in [0.4, 0.5) is 0 Å². The van der Waals surface area contributed by atoms with Gasteiger partial charge in [-0.05, 0) is 23.7 Å². The quantitative estimate of drug-likeness (QED) is 0.612. The maximum atomic E-state index is 13.7. The molecule has 1 aliphatic heterocycles. The minimum absolute atomic E-state index is 0.0137. The monoisotopic (exact) mass is 441 g/mol. The van der Waals surface area contributed by atoms with E-state index in [1.807, 2.05) is 95.9 Å². The molecule has 0 aliphatic carbocycles. The van der Waals surface area contributed by atoms with E-state index in [9.17, 15) is 9.59 Å². The first-order chi connectivity index (χ1) is 16.1. The van der Waals surface area contributed by atoms with E-state index in [1.54, 1.807) is 0 Å². The summed E-state index contributed by atoms with van der Waals surface area (Å²) < 4.78 is 0. The Kier molecular flexibility index (Phi) is 7.53. The van der Waals surface area contributed by atoms with E-state index < -0.39 is 12.0 Å².